The molecule has 74 valence electrons. The van der Waals surface area contributed by atoms with Crippen LogP contribution in [0.3, 0.4) is 0 Å². The van der Waals surface area contributed by atoms with Gasteiger partial charge in [-0.2, -0.15) is 0 Å². The van der Waals surface area contributed by atoms with Crippen molar-refractivity contribution >= 4 is 5.97 Å². The standard InChI is InChI=1S/C10H16O3/c1-10(7-13-9(10)11)6-8-2-4-12-5-3-8/h8H,2-7H2,1H3/t10-/m0/s1. The number of rotatable bonds is 2. The molecule has 0 aromatic rings. The van der Waals surface area contributed by atoms with Gasteiger partial charge in [-0.1, -0.05) is 0 Å². The van der Waals surface area contributed by atoms with Crippen molar-refractivity contribution in [3.63, 3.8) is 0 Å². The second kappa shape index (κ2) is 3.29. The average molecular weight is 184 g/mol. The van der Waals surface area contributed by atoms with Crippen molar-refractivity contribution in [1.29, 1.82) is 0 Å². The van der Waals surface area contributed by atoms with Gasteiger partial charge in [0.1, 0.15) is 6.61 Å². The number of ether oxygens (including phenoxy) is 2. The van der Waals surface area contributed by atoms with E-state index in [0.717, 1.165) is 32.5 Å². The molecule has 0 unspecified atom stereocenters. The molecule has 0 spiro atoms. The van der Waals surface area contributed by atoms with E-state index in [-0.39, 0.29) is 11.4 Å². The van der Waals surface area contributed by atoms with E-state index >= 15 is 0 Å². The van der Waals surface area contributed by atoms with Crippen molar-refractivity contribution in [3.8, 4) is 0 Å². The van der Waals surface area contributed by atoms with E-state index in [1.54, 1.807) is 0 Å². The van der Waals surface area contributed by atoms with Crippen molar-refractivity contribution in [3.05, 3.63) is 0 Å². The molecule has 2 fully saturated rings. The lowest BCUT2D eigenvalue weighted by molar-refractivity contribution is -0.186. The van der Waals surface area contributed by atoms with Gasteiger partial charge in [0.2, 0.25) is 0 Å². The molecule has 0 saturated carbocycles. The van der Waals surface area contributed by atoms with Crippen molar-refractivity contribution in [2.75, 3.05) is 19.8 Å². The van der Waals surface area contributed by atoms with Crippen LogP contribution in [0.5, 0.6) is 0 Å². The van der Waals surface area contributed by atoms with Crippen LogP contribution in [0.15, 0.2) is 0 Å². The van der Waals surface area contributed by atoms with E-state index in [9.17, 15) is 4.79 Å². The van der Waals surface area contributed by atoms with Crippen LogP contribution in [0.2, 0.25) is 0 Å². The van der Waals surface area contributed by atoms with Crippen LogP contribution >= 0.6 is 0 Å². The highest BCUT2D eigenvalue weighted by Crippen LogP contribution is 2.38. The van der Waals surface area contributed by atoms with Gasteiger partial charge in [0.25, 0.3) is 0 Å². The Balaban J connectivity index is 1.85. The number of hydrogen-bond donors (Lipinski definition) is 0. The molecule has 13 heavy (non-hydrogen) atoms. The highest BCUT2D eigenvalue weighted by atomic mass is 16.6. The topological polar surface area (TPSA) is 35.5 Å². The quantitative estimate of drug-likeness (QED) is 0.608. The summed E-state index contributed by atoms with van der Waals surface area (Å²) in [4.78, 5) is 11.2. The van der Waals surface area contributed by atoms with E-state index in [4.69, 9.17) is 9.47 Å². The van der Waals surface area contributed by atoms with Crippen molar-refractivity contribution in [2.45, 2.75) is 26.2 Å². The van der Waals surface area contributed by atoms with Gasteiger partial charge in [-0.25, -0.2) is 0 Å². The SMILES string of the molecule is C[C@]1(CC2CCOCC2)COC1=O. The second-order valence-corrected chi connectivity index (χ2v) is 4.40. The van der Waals surface area contributed by atoms with Crippen LogP contribution in [-0.4, -0.2) is 25.8 Å². The minimum absolute atomic E-state index is 0.0148. The van der Waals surface area contributed by atoms with Crippen LogP contribution in [0.25, 0.3) is 0 Å². The lowest BCUT2D eigenvalue weighted by Gasteiger charge is -2.39. The lowest BCUT2D eigenvalue weighted by Crippen LogP contribution is -2.47. The zero-order valence-corrected chi connectivity index (χ0v) is 8.04. The summed E-state index contributed by atoms with van der Waals surface area (Å²) in [7, 11) is 0. The van der Waals surface area contributed by atoms with Gasteiger partial charge in [-0.05, 0) is 32.1 Å². The zero-order chi connectivity index (χ0) is 9.31. The summed E-state index contributed by atoms with van der Waals surface area (Å²) < 4.78 is 10.1. The van der Waals surface area contributed by atoms with Gasteiger partial charge in [0.05, 0.1) is 5.41 Å². The maximum absolute atomic E-state index is 11.2. The first-order chi connectivity index (χ1) is 6.21. The van der Waals surface area contributed by atoms with Crippen LogP contribution in [0, 0.1) is 11.3 Å². The van der Waals surface area contributed by atoms with E-state index in [0.29, 0.717) is 12.5 Å². The smallest absolute Gasteiger partial charge is 0.315 e. The molecule has 0 aliphatic carbocycles. The van der Waals surface area contributed by atoms with Crippen LogP contribution in [0.1, 0.15) is 26.2 Å². The van der Waals surface area contributed by atoms with E-state index in [1.165, 1.54) is 0 Å². The Morgan fingerprint density at radius 3 is 2.62 bits per heavy atom. The minimum atomic E-state index is -0.179. The molecular formula is C10H16O3. The lowest BCUT2D eigenvalue weighted by atomic mass is 9.76. The number of carbonyl (C=O) groups excluding carboxylic acids is 1. The van der Waals surface area contributed by atoms with E-state index in [2.05, 4.69) is 0 Å². The summed E-state index contributed by atoms with van der Waals surface area (Å²) >= 11 is 0. The Kier molecular flexibility index (Phi) is 2.28. The molecule has 0 aromatic carbocycles. The number of carbonyl (C=O) groups is 1. The molecule has 2 aliphatic rings. The van der Waals surface area contributed by atoms with Crippen LogP contribution < -0.4 is 0 Å². The fourth-order valence-corrected chi connectivity index (χ4v) is 2.11. The number of hydrogen-bond acceptors (Lipinski definition) is 3. The Morgan fingerprint density at radius 2 is 2.15 bits per heavy atom. The molecule has 0 N–H and O–H groups in total. The largest absolute Gasteiger partial charge is 0.464 e. The number of cyclic esters (lactones) is 1. The summed E-state index contributed by atoms with van der Waals surface area (Å²) in [6.07, 6.45) is 3.18. The predicted octanol–water partition coefficient (Wildman–Crippen LogP) is 1.37. The Hall–Kier alpha value is -0.570. The third kappa shape index (κ3) is 1.70. The average Bonchev–Trinajstić information content (AvgIpc) is 2.17. The molecule has 2 aliphatic heterocycles. The molecule has 0 radical (unpaired) electrons. The highest BCUT2D eigenvalue weighted by molar-refractivity contribution is 5.81. The highest BCUT2D eigenvalue weighted by Gasteiger charge is 2.46. The minimum Gasteiger partial charge on any atom is -0.464 e. The molecule has 0 aromatic heterocycles. The van der Waals surface area contributed by atoms with Crippen molar-refractivity contribution in [1.82, 2.24) is 0 Å². The maximum atomic E-state index is 11.2. The van der Waals surface area contributed by atoms with Gasteiger partial charge < -0.3 is 9.47 Å². The Bertz CT molecular complexity index is 208. The van der Waals surface area contributed by atoms with Crippen molar-refractivity contribution in [2.24, 2.45) is 11.3 Å². The van der Waals surface area contributed by atoms with Gasteiger partial charge >= 0.3 is 5.97 Å². The Morgan fingerprint density at radius 1 is 1.46 bits per heavy atom. The van der Waals surface area contributed by atoms with Gasteiger partial charge in [-0.3, -0.25) is 4.79 Å². The van der Waals surface area contributed by atoms with Gasteiger partial charge in [0.15, 0.2) is 0 Å². The molecule has 2 saturated heterocycles. The predicted molar refractivity (Wildman–Crippen MR) is 47.2 cm³/mol. The third-order valence-electron chi connectivity index (χ3n) is 3.09. The molecule has 0 bridgehead atoms. The summed E-state index contributed by atoms with van der Waals surface area (Å²) in [5.74, 6) is 0.644. The van der Waals surface area contributed by atoms with E-state index in [1.807, 2.05) is 6.92 Å². The first kappa shape index (κ1) is 9.00. The molecule has 2 rings (SSSR count). The first-order valence-corrected chi connectivity index (χ1v) is 4.96. The summed E-state index contributed by atoms with van der Waals surface area (Å²) in [5.41, 5.74) is -0.179. The molecule has 0 amide bonds. The molecule has 3 heteroatoms. The fraction of sp³-hybridized carbons (Fsp3) is 0.900. The summed E-state index contributed by atoms with van der Waals surface area (Å²) in [6, 6.07) is 0. The molecule has 1 atom stereocenters. The summed E-state index contributed by atoms with van der Waals surface area (Å²) in [6.45, 7) is 4.34. The molecule has 3 nitrogen and oxygen atoms in total. The monoisotopic (exact) mass is 184 g/mol. The molecular weight excluding hydrogens is 168 g/mol. The van der Waals surface area contributed by atoms with Crippen LogP contribution in [-0.2, 0) is 14.3 Å². The zero-order valence-electron chi connectivity index (χ0n) is 8.04. The Labute approximate surface area is 78.4 Å². The van der Waals surface area contributed by atoms with Gasteiger partial charge in [-0.15, -0.1) is 0 Å². The number of esters is 1. The molecule has 2 heterocycles. The second-order valence-electron chi connectivity index (χ2n) is 4.40. The van der Waals surface area contributed by atoms with Crippen molar-refractivity contribution < 1.29 is 14.3 Å². The third-order valence-corrected chi connectivity index (χ3v) is 3.09. The first-order valence-electron chi connectivity index (χ1n) is 4.96. The summed E-state index contributed by atoms with van der Waals surface area (Å²) in [5, 5.41) is 0. The van der Waals surface area contributed by atoms with Crippen LogP contribution in [0.4, 0.5) is 0 Å². The van der Waals surface area contributed by atoms with E-state index < -0.39 is 0 Å². The van der Waals surface area contributed by atoms with Gasteiger partial charge in [0, 0.05) is 13.2 Å². The maximum Gasteiger partial charge on any atom is 0.315 e. The normalized spacial score (nSPS) is 35.3. The fourth-order valence-electron chi connectivity index (χ4n) is 2.11.